The Morgan fingerprint density at radius 3 is 2.58 bits per heavy atom. The van der Waals surface area contributed by atoms with Crippen molar-refractivity contribution in [2.75, 3.05) is 29.1 Å². The number of nitrogens with zero attached hydrogens (tertiary/aromatic N) is 3. The van der Waals surface area contributed by atoms with Crippen LogP contribution in [0, 0.1) is 0 Å². The normalized spacial score (nSPS) is 13.9. The fourth-order valence-corrected chi connectivity index (χ4v) is 4.59. The fraction of sp³-hybridized carbons (Fsp3) is 0.292. The van der Waals surface area contributed by atoms with Crippen LogP contribution in [-0.2, 0) is 11.3 Å². The van der Waals surface area contributed by atoms with E-state index in [0.717, 1.165) is 18.8 Å². The van der Waals surface area contributed by atoms with Crippen LogP contribution < -0.4 is 15.8 Å². The van der Waals surface area contributed by atoms with Crippen LogP contribution in [-0.4, -0.2) is 34.3 Å². The number of aromatic nitrogens is 2. The van der Waals surface area contributed by atoms with Gasteiger partial charge in [0.15, 0.2) is 5.16 Å². The Bertz CT molecular complexity index is 1130. The van der Waals surface area contributed by atoms with E-state index in [4.69, 9.17) is 0 Å². The molecule has 1 N–H and O–H groups in total. The lowest BCUT2D eigenvalue weighted by Gasteiger charge is -2.28. The molecule has 1 aliphatic heterocycles. The Hall–Kier alpha value is -3.06. The van der Waals surface area contributed by atoms with E-state index in [1.807, 2.05) is 30.3 Å². The number of anilines is 2. The zero-order valence-corrected chi connectivity index (χ0v) is 18.2. The van der Waals surface area contributed by atoms with Crippen LogP contribution in [0.2, 0.25) is 0 Å². The molecule has 160 valence electrons. The Labute approximate surface area is 186 Å². The van der Waals surface area contributed by atoms with Gasteiger partial charge in [-0.1, -0.05) is 30.0 Å². The molecule has 1 saturated heterocycles. The maximum absolute atomic E-state index is 12.8. The first-order valence-corrected chi connectivity index (χ1v) is 11.5. The number of hydrogen-bond acceptors (Lipinski definition) is 5. The van der Waals surface area contributed by atoms with Crippen molar-refractivity contribution in [3.8, 4) is 0 Å². The molecule has 0 unspecified atom stereocenters. The lowest BCUT2D eigenvalue weighted by atomic mass is 10.1. The van der Waals surface area contributed by atoms with Crippen molar-refractivity contribution >= 4 is 39.9 Å². The summed E-state index contributed by atoms with van der Waals surface area (Å²) in [6.45, 7) is 6.26. The van der Waals surface area contributed by atoms with Crippen LogP contribution in [0.1, 0.15) is 19.3 Å². The number of thioether (sulfide) groups is 1. The Balaban J connectivity index is 1.42. The summed E-state index contributed by atoms with van der Waals surface area (Å²) in [4.78, 5) is 32.3. The van der Waals surface area contributed by atoms with Crippen molar-refractivity contribution < 1.29 is 4.79 Å². The van der Waals surface area contributed by atoms with Gasteiger partial charge in [-0.25, -0.2) is 4.98 Å². The predicted octanol–water partition coefficient (Wildman–Crippen LogP) is 4.30. The molecule has 1 amide bonds. The highest BCUT2D eigenvalue weighted by Gasteiger charge is 2.14. The van der Waals surface area contributed by atoms with Crippen molar-refractivity contribution in [2.24, 2.45) is 0 Å². The Morgan fingerprint density at radius 1 is 1.10 bits per heavy atom. The molecular formula is C24H26N4O2S. The molecule has 1 aliphatic rings. The first-order chi connectivity index (χ1) is 15.2. The SMILES string of the molecule is C=CCn1c(SCC(=O)Nc2ccc(N3CCCCC3)cc2)nc2ccccc2c1=O. The number of amides is 1. The second kappa shape index (κ2) is 9.83. The van der Waals surface area contributed by atoms with Gasteiger partial charge in [-0.15, -0.1) is 6.58 Å². The summed E-state index contributed by atoms with van der Waals surface area (Å²) in [6.07, 6.45) is 5.42. The molecule has 1 fully saturated rings. The van der Waals surface area contributed by atoms with Gasteiger partial charge in [0.25, 0.3) is 5.56 Å². The first-order valence-electron chi connectivity index (χ1n) is 10.5. The van der Waals surface area contributed by atoms with E-state index >= 15 is 0 Å². The van der Waals surface area contributed by atoms with Gasteiger partial charge in [0.05, 0.1) is 16.7 Å². The van der Waals surface area contributed by atoms with Gasteiger partial charge >= 0.3 is 0 Å². The molecular weight excluding hydrogens is 408 g/mol. The molecule has 0 atom stereocenters. The standard InChI is InChI=1S/C24H26N4O2S/c1-2-14-28-23(30)20-8-4-5-9-21(20)26-24(28)31-17-22(29)25-18-10-12-19(13-11-18)27-15-6-3-7-16-27/h2,4-5,8-13H,1,3,6-7,14-17H2,(H,25,29). The molecule has 2 heterocycles. The van der Waals surface area contributed by atoms with Crippen LogP contribution in [0.4, 0.5) is 11.4 Å². The van der Waals surface area contributed by atoms with Crippen LogP contribution in [0.25, 0.3) is 10.9 Å². The topological polar surface area (TPSA) is 67.2 Å². The monoisotopic (exact) mass is 434 g/mol. The number of hydrogen-bond donors (Lipinski definition) is 1. The first kappa shape index (κ1) is 21.2. The molecule has 0 aliphatic carbocycles. The summed E-state index contributed by atoms with van der Waals surface area (Å²) < 4.78 is 1.56. The second-order valence-electron chi connectivity index (χ2n) is 7.55. The second-order valence-corrected chi connectivity index (χ2v) is 8.49. The molecule has 6 nitrogen and oxygen atoms in total. The van der Waals surface area contributed by atoms with Crippen LogP contribution >= 0.6 is 11.8 Å². The number of nitrogens with one attached hydrogen (secondary N) is 1. The maximum atomic E-state index is 12.8. The summed E-state index contributed by atoms with van der Waals surface area (Å²) in [7, 11) is 0. The molecule has 31 heavy (non-hydrogen) atoms. The van der Waals surface area contributed by atoms with E-state index in [1.54, 1.807) is 16.7 Å². The number of fused-ring (bicyclic) bond motifs is 1. The molecule has 7 heteroatoms. The number of rotatable bonds is 7. The van der Waals surface area contributed by atoms with Gasteiger partial charge in [-0.3, -0.25) is 14.2 Å². The fourth-order valence-electron chi connectivity index (χ4n) is 3.78. The minimum atomic E-state index is -0.136. The third kappa shape index (κ3) is 4.99. The number of piperidine rings is 1. The van der Waals surface area contributed by atoms with E-state index < -0.39 is 0 Å². The van der Waals surface area contributed by atoms with Crippen molar-refractivity contribution in [1.82, 2.24) is 9.55 Å². The largest absolute Gasteiger partial charge is 0.372 e. The molecule has 3 aromatic rings. The van der Waals surface area contributed by atoms with Gasteiger partial charge < -0.3 is 10.2 Å². The van der Waals surface area contributed by atoms with Crippen molar-refractivity contribution in [3.63, 3.8) is 0 Å². The number of benzene rings is 2. The third-order valence-electron chi connectivity index (χ3n) is 5.34. The molecule has 2 aromatic carbocycles. The quantitative estimate of drug-likeness (QED) is 0.341. The predicted molar refractivity (Wildman–Crippen MR) is 128 cm³/mol. The van der Waals surface area contributed by atoms with Crippen molar-refractivity contribution in [2.45, 2.75) is 31.0 Å². The summed E-state index contributed by atoms with van der Waals surface area (Å²) in [5, 5.41) is 4.01. The van der Waals surface area contributed by atoms with Crippen LogP contribution in [0.3, 0.4) is 0 Å². The van der Waals surface area contributed by atoms with Crippen LogP contribution in [0.15, 0.2) is 71.1 Å². The molecule has 0 radical (unpaired) electrons. The van der Waals surface area contributed by atoms with Gasteiger partial charge in [0, 0.05) is 31.0 Å². The Morgan fingerprint density at radius 2 is 1.84 bits per heavy atom. The molecule has 4 rings (SSSR count). The third-order valence-corrected chi connectivity index (χ3v) is 6.32. The Kier molecular flexibility index (Phi) is 6.72. The van der Waals surface area contributed by atoms with E-state index in [0.29, 0.717) is 22.6 Å². The zero-order valence-electron chi connectivity index (χ0n) is 17.4. The average molecular weight is 435 g/mol. The molecule has 1 aromatic heterocycles. The molecule has 0 saturated carbocycles. The van der Waals surface area contributed by atoms with Gasteiger partial charge in [0.2, 0.25) is 5.91 Å². The minimum Gasteiger partial charge on any atom is -0.372 e. The highest BCUT2D eigenvalue weighted by molar-refractivity contribution is 7.99. The summed E-state index contributed by atoms with van der Waals surface area (Å²) in [6, 6.07) is 15.2. The van der Waals surface area contributed by atoms with Crippen molar-refractivity contribution in [3.05, 3.63) is 71.5 Å². The number of carbonyl (C=O) groups is 1. The van der Waals surface area contributed by atoms with Gasteiger partial charge in [0.1, 0.15) is 0 Å². The zero-order chi connectivity index (χ0) is 21.6. The van der Waals surface area contributed by atoms with E-state index in [-0.39, 0.29) is 17.2 Å². The lowest BCUT2D eigenvalue weighted by molar-refractivity contribution is -0.113. The number of allylic oxidation sites excluding steroid dienone is 1. The van der Waals surface area contributed by atoms with E-state index in [1.165, 1.54) is 36.7 Å². The molecule has 0 bridgehead atoms. The summed E-state index contributed by atoms with van der Waals surface area (Å²) in [5.41, 5.74) is 2.47. The molecule has 0 spiro atoms. The van der Waals surface area contributed by atoms with E-state index in [2.05, 4.69) is 33.9 Å². The highest BCUT2D eigenvalue weighted by atomic mass is 32.2. The van der Waals surface area contributed by atoms with Crippen molar-refractivity contribution in [1.29, 1.82) is 0 Å². The van der Waals surface area contributed by atoms with E-state index in [9.17, 15) is 9.59 Å². The smallest absolute Gasteiger partial charge is 0.262 e. The number of carbonyl (C=O) groups excluding carboxylic acids is 1. The van der Waals surface area contributed by atoms with Gasteiger partial charge in [-0.2, -0.15) is 0 Å². The number of para-hydroxylation sites is 1. The highest BCUT2D eigenvalue weighted by Crippen LogP contribution is 2.22. The minimum absolute atomic E-state index is 0.123. The lowest BCUT2D eigenvalue weighted by Crippen LogP contribution is -2.29. The maximum Gasteiger partial charge on any atom is 0.262 e. The van der Waals surface area contributed by atoms with Gasteiger partial charge in [-0.05, 0) is 55.7 Å². The average Bonchev–Trinajstić information content (AvgIpc) is 2.81. The summed E-state index contributed by atoms with van der Waals surface area (Å²) >= 11 is 1.25. The van der Waals surface area contributed by atoms with Crippen LogP contribution in [0.5, 0.6) is 0 Å². The summed E-state index contributed by atoms with van der Waals surface area (Å²) in [5.74, 6) is 0.0267.